The zero-order valence-corrected chi connectivity index (χ0v) is 7.96. The highest BCUT2D eigenvalue weighted by Crippen LogP contribution is 2.08. The lowest BCUT2D eigenvalue weighted by atomic mass is 10.1. The van der Waals surface area contributed by atoms with E-state index >= 15 is 0 Å². The van der Waals surface area contributed by atoms with Gasteiger partial charge in [-0.25, -0.2) is 4.39 Å². The van der Waals surface area contributed by atoms with E-state index in [2.05, 4.69) is 11.8 Å². The van der Waals surface area contributed by atoms with Gasteiger partial charge in [0, 0.05) is 12.0 Å². The Morgan fingerprint density at radius 1 is 1.53 bits per heavy atom. The number of hydrogen-bond acceptors (Lipinski definition) is 2. The van der Waals surface area contributed by atoms with Gasteiger partial charge in [-0.1, -0.05) is 11.8 Å². The lowest BCUT2D eigenvalue weighted by Crippen LogP contribution is -2.11. The zero-order valence-electron chi connectivity index (χ0n) is 7.96. The quantitative estimate of drug-likeness (QED) is 0.700. The van der Waals surface area contributed by atoms with Crippen molar-refractivity contribution in [3.63, 3.8) is 0 Å². The fourth-order valence-corrected chi connectivity index (χ4v) is 0.983. The van der Waals surface area contributed by atoms with Crippen molar-refractivity contribution in [3.05, 3.63) is 35.1 Å². The van der Waals surface area contributed by atoms with Crippen LogP contribution in [0.2, 0.25) is 0 Å². The number of nitrogens with two attached hydrogens (primary N) is 1. The summed E-state index contributed by atoms with van der Waals surface area (Å²) in [6.45, 7) is -0.0615. The molecule has 1 rings (SSSR count). The second-order valence-electron chi connectivity index (χ2n) is 2.83. The van der Waals surface area contributed by atoms with Crippen LogP contribution in [-0.4, -0.2) is 17.6 Å². The van der Waals surface area contributed by atoms with Gasteiger partial charge in [-0.3, -0.25) is 4.79 Å². The molecule has 0 heterocycles. The highest BCUT2D eigenvalue weighted by Gasteiger charge is 2.04. The maximum atomic E-state index is 13.3. The first kappa shape index (κ1) is 11.2. The van der Waals surface area contributed by atoms with Crippen LogP contribution in [0.15, 0.2) is 18.2 Å². The number of primary amides is 1. The van der Waals surface area contributed by atoms with Crippen LogP contribution in [0.4, 0.5) is 4.39 Å². The molecule has 1 aromatic carbocycles. The molecule has 0 saturated heterocycles. The first-order valence-corrected chi connectivity index (χ1v) is 4.34. The molecule has 15 heavy (non-hydrogen) atoms. The zero-order chi connectivity index (χ0) is 11.3. The Kier molecular flexibility index (Phi) is 3.83. The van der Waals surface area contributed by atoms with Gasteiger partial charge in [0.2, 0.25) is 5.91 Å². The first-order valence-electron chi connectivity index (χ1n) is 4.34. The molecule has 4 heteroatoms. The number of rotatable bonds is 2. The van der Waals surface area contributed by atoms with Crippen LogP contribution in [0.5, 0.6) is 0 Å². The van der Waals surface area contributed by atoms with Crippen LogP contribution in [0.1, 0.15) is 22.3 Å². The molecule has 0 spiro atoms. The van der Waals surface area contributed by atoms with E-state index in [4.69, 9.17) is 10.8 Å². The molecule has 0 atom stereocenters. The molecule has 0 bridgehead atoms. The number of aliphatic hydroxyl groups is 1. The Morgan fingerprint density at radius 3 is 2.80 bits per heavy atom. The Hall–Kier alpha value is -1.86. The fraction of sp³-hybridized carbons (Fsp3) is 0.182. The molecule has 1 amide bonds. The van der Waals surface area contributed by atoms with Crippen molar-refractivity contribution >= 4 is 5.91 Å². The number of hydrogen-bond donors (Lipinski definition) is 2. The van der Waals surface area contributed by atoms with Crippen molar-refractivity contribution in [3.8, 4) is 11.8 Å². The summed E-state index contributed by atoms with van der Waals surface area (Å²) in [6.07, 6.45) is 0.289. The van der Waals surface area contributed by atoms with Crippen LogP contribution in [0.3, 0.4) is 0 Å². The van der Waals surface area contributed by atoms with Crippen molar-refractivity contribution in [1.29, 1.82) is 0 Å². The molecule has 0 fully saturated rings. The highest BCUT2D eigenvalue weighted by atomic mass is 19.1. The van der Waals surface area contributed by atoms with Crippen LogP contribution in [-0.2, 0) is 0 Å². The molecule has 0 saturated carbocycles. The third-order valence-corrected chi connectivity index (χ3v) is 1.71. The number of amides is 1. The van der Waals surface area contributed by atoms with Crippen molar-refractivity contribution in [2.75, 3.05) is 6.61 Å². The Labute approximate surface area is 86.7 Å². The summed E-state index contributed by atoms with van der Waals surface area (Å²) in [5.41, 5.74) is 5.28. The third-order valence-electron chi connectivity index (χ3n) is 1.71. The maximum Gasteiger partial charge on any atom is 0.248 e. The summed E-state index contributed by atoms with van der Waals surface area (Å²) in [6, 6.07) is 3.85. The molecule has 3 N–H and O–H groups in total. The average Bonchev–Trinajstić information content (AvgIpc) is 2.20. The van der Waals surface area contributed by atoms with E-state index in [-0.39, 0.29) is 24.2 Å². The van der Waals surface area contributed by atoms with E-state index in [0.717, 1.165) is 6.07 Å². The third kappa shape index (κ3) is 3.08. The molecule has 0 unspecified atom stereocenters. The summed E-state index contributed by atoms with van der Waals surface area (Å²) in [5, 5.41) is 8.47. The molecule has 0 aliphatic carbocycles. The van der Waals surface area contributed by atoms with E-state index < -0.39 is 11.7 Å². The summed E-state index contributed by atoms with van der Waals surface area (Å²) in [5.74, 6) is 3.86. The van der Waals surface area contributed by atoms with Crippen molar-refractivity contribution in [2.24, 2.45) is 5.73 Å². The minimum absolute atomic E-state index is 0.0615. The summed E-state index contributed by atoms with van der Waals surface area (Å²) >= 11 is 0. The molecular formula is C11H10FNO2. The van der Waals surface area contributed by atoms with E-state index in [1.54, 1.807) is 0 Å². The summed E-state index contributed by atoms with van der Waals surface area (Å²) in [4.78, 5) is 10.7. The summed E-state index contributed by atoms with van der Waals surface area (Å²) in [7, 11) is 0. The van der Waals surface area contributed by atoms with Gasteiger partial charge in [-0.05, 0) is 18.2 Å². The van der Waals surface area contributed by atoms with E-state index in [0.29, 0.717) is 0 Å². The van der Waals surface area contributed by atoms with Crippen molar-refractivity contribution in [1.82, 2.24) is 0 Å². The molecular weight excluding hydrogens is 197 g/mol. The smallest absolute Gasteiger partial charge is 0.248 e. The minimum atomic E-state index is -0.677. The van der Waals surface area contributed by atoms with Gasteiger partial charge in [0.1, 0.15) is 5.82 Å². The number of benzene rings is 1. The normalized spacial score (nSPS) is 9.20. The standard InChI is InChI=1S/C11H10FNO2/c12-10-7-9(11(13)15)5-4-8(10)3-1-2-6-14/h4-5,7,14H,2,6H2,(H2,13,15). The van der Waals surface area contributed by atoms with Crippen LogP contribution < -0.4 is 5.73 Å². The largest absolute Gasteiger partial charge is 0.395 e. The van der Waals surface area contributed by atoms with E-state index in [9.17, 15) is 9.18 Å². The molecule has 0 aliphatic rings. The number of aliphatic hydroxyl groups excluding tert-OH is 1. The van der Waals surface area contributed by atoms with Gasteiger partial charge in [-0.15, -0.1) is 0 Å². The lowest BCUT2D eigenvalue weighted by molar-refractivity contribution is 0.1000. The maximum absolute atomic E-state index is 13.3. The molecule has 3 nitrogen and oxygen atoms in total. The van der Waals surface area contributed by atoms with Gasteiger partial charge in [0.05, 0.1) is 12.2 Å². The predicted octanol–water partition coefficient (Wildman–Crippen LogP) is 0.659. The molecule has 0 aromatic heterocycles. The van der Waals surface area contributed by atoms with Gasteiger partial charge >= 0.3 is 0 Å². The lowest BCUT2D eigenvalue weighted by Gasteiger charge is -1.97. The average molecular weight is 207 g/mol. The minimum Gasteiger partial charge on any atom is -0.395 e. The monoisotopic (exact) mass is 207 g/mol. The van der Waals surface area contributed by atoms with Crippen molar-refractivity contribution < 1.29 is 14.3 Å². The molecule has 0 radical (unpaired) electrons. The van der Waals surface area contributed by atoms with Gasteiger partial charge in [0.15, 0.2) is 0 Å². The van der Waals surface area contributed by atoms with Gasteiger partial charge in [0.25, 0.3) is 0 Å². The fourth-order valence-electron chi connectivity index (χ4n) is 0.983. The van der Waals surface area contributed by atoms with E-state index in [1.807, 2.05) is 0 Å². The second-order valence-corrected chi connectivity index (χ2v) is 2.83. The molecule has 78 valence electrons. The van der Waals surface area contributed by atoms with Crippen molar-refractivity contribution in [2.45, 2.75) is 6.42 Å². The number of carbonyl (C=O) groups is 1. The Balaban J connectivity index is 2.95. The topological polar surface area (TPSA) is 63.3 Å². The highest BCUT2D eigenvalue weighted by molar-refractivity contribution is 5.92. The number of carbonyl (C=O) groups excluding carboxylic acids is 1. The Morgan fingerprint density at radius 2 is 2.27 bits per heavy atom. The number of halogens is 1. The summed E-state index contributed by atoms with van der Waals surface area (Å²) < 4.78 is 13.3. The van der Waals surface area contributed by atoms with Crippen LogP contribution in [0, 0.1) is 17.7 Å². The predicted molar refractivity (Wildman–Crippen MR) is 53.5 cm³/mol. The SMILES string of the molecule is NC(=O)c1ccc(C#CCCO)c(F)c1. The van der Waals surface area contributed by atoms with Gasteiger partial charge < -0.3 is 10.8 Å². The molecule has 0 aliphatic heterocycles. The first-order chi connectivity index (χ1) is 7.15. The van der Waals surface area contributed by atoms with E-state index in [1.165, 1.54) is 12.1 Å². The van der Waals surface area contributed by atoms with Gasteiger partial charge in [-0.2, -0.15) is 0 Å². The van der Waals surface area contributed by atoms with Crippen LogP contribution >= 0.6 is 0 Å². The van der Waals surface area contributed by atoms with Crippen LogP contribution in [0.25, 0.3) is 0 Å². The second kappa shape index (κ2) is 5.13. The Bertz CT molecular complexity index is 432. The molecule has 1 aromatic rings.